The Hall–Kier alpha value is -2.43. The van der Waals surface area contributed by atoms with E-state index in [1.807, 2.05) is 42.2 Å². The van der Waals surface area contributed by atoms with E-state index in [0.29, 0.717) is 24.7 Å². The first-order chi connectivity index (χ1) is 9.60. The van der Waals surface area contributed by atoms with E-state index in [1.54, 1.807) is 6.92 Å². The number of carboxylic acid groups (broad SMARTS) is 1. The van der Waals surface area contributed by atoms with Gasteiger partial charge in [0.1, 0.15) is 0 Å². The first-order valence-electron chi connectivity index (χ1n) is 6.48. The number of nitrogens with zero attached hydrogens (tertiary/aromatic N) is 3. The van der Waals surface area contributed by atoms with E-state index in [1.165, 1.54) is 6.07 Å². The summed E-state index contributed by atoms with van der Waals surface area (Å²) in [4.78, 5) is 21.5. The van der Waals surface area contributed by atoms with E-state index < -0.39 is 5.97 Å². The van der Waals surface area contributed by atoms with Crippen LogP contribution in [-0.4, -0.2) is 27.6 Å². The third-order valence-corrected chi connectivity index (χ3v) is 2.94. The number of carboxylic acids is 1. The summed E-state index contributed by atoms with van der Waals surface area (Å²) >= 11 is 0. The highest BCUT2D eigenvalue weighted by atomic mass is 16.4. The van der Waals surface area contributed by atoms with Gasteiger partial charge in [0.25, 0.3) is 0 Å². The van der Waals surface area contributed by atoms with Crippen LogP contribution in [0.15, 0.2) is 36.4 Å². The van der Waals surface area contributed by atoms with Gasteiger partial charge >= 0.3 is 5.97 Å². The fourth-order valence-corrected chi connectivity index (χ4v) is 1.93. The van der Waals surface area contributed by atoms with Crippen molar-refractivity contribution in [3.8, 4) is 0 Å². The zero-order chi connectivity index (χ0) is 14.5. The van der Waals surface area contributed by atoms with Crippen molar-refractivity contribution in [2.24, 2.45) is 0 Å². The molecule has 0 saturated heterocycles. The zero-order valence-corrected chi connectivity index (χ0v) is 11.6. The number of aromatic nitrogens is 2. The molecule has 5 nitrogen and oxygen atoms in total. The second-order valence-corrected chi connectivity index (χ2v) is 4.50. The van der Waals surface area contributed by atoms with Crippen molar-refractivity contribution in [3.63, 3.8) is 0 Å². The van der Waals surface area contributed by atoms with Gasteiger partial charge in [0, 0.05) is 18.8 Å². The number of aryl methyl sites for hydroxylation is 1. The minimum Gasteiger partial charge on any atom is -0.477 e. The summed E-state index contributed by atoms with van der Waals surface area (Å²) in [5, 5.41) is 9.07. The van der Waals surface area contributed by atoms with Gasteiger partial charge in [0.15, 0.2) is 5.69 Å². The molecule has 0 radical (unpaired) electrons. The number of hydrogen-bond acceptors (Lipinski definition) is 4. The Morgan fingerprint density at radius 3 is 2.55 bits per heavy atom. The average Bonchev–Trinajstić information content (AvgIpc) is 2.45. The minimum atomic E-state index is -1.03. The van der Waals surface area contributed by atoms with E-state index in [4.69, 9.17) is 5.11 Å². The highest BCUT2D eigenvalue weighted by molar-refractivity contribution is 5.85. The van der Waals surface area contributed by atoms with Gasteiger partial charge in [-0.2, -0.15) is 0 Å². The van der Waals surface area contributed by atoms with Gasteiger partial charge in [-0.15, -0.1) is 0 Å². The van der Waals surface area contributed by atoms with Gasteiger partial charge in [-0.05, 0) is 25.5 Å². The molecule has 0 aliphatic rings. The van der Waals surface area contributed by atoms with E-state index in [-0.39, 0.29) is 5.69 Å². The molecule has 0 aliphatic carbocycles. The van der Waals surface area contributed by atoms with Crippen molar-refractivity contribution in [3.05, 3.63) is 53.3 Å². The van der Waals surface area contributed by atoms with Crippen LogP contribution in [0.25, 0.3) is 0 Å². The molecular weight excluding hydrogens is 254 g/mol. The van der Waals surface area contributed by atoms with E-state index in [9.17, 15) is 4.79 Å². The molecule has 0 amide bonds. The Bertz CT molecular complexity index is 599. The molecule has 0 bridgehead atoms. The van der Waals surface area contributed by atoms with E-state index in [2.05, 4.69) is 9.97 Å². The van der Waals surface area contributed by atoms with Crippen molar-refractivity contribution in [1.82, 2.24) is 9.97 Å². The van der Waals surface area contributed by atoms with Crippen LogP contribution in [-0.2, 0) is 6.54 Å². The molecule has 0 spiro atoms. The van der Waals surface area contributed by atoms with Crippen molar-refractivity contribution in [2.45, 2.75) is 20.4 Å². The van der Waals surface area contributed by atoms with Gasteiger partial charge in [-0.3, -0.25) is 0 Å². The van der Waals surface area contributed by atoms with Gasteiger partial charge in [-0.1, -0.05) is 30.3 Å². The van der Waals surface area contributed by atoms with E-state index in [0.717, 1.165) is 5.56 Å². The quantitative estimate of drug-likeness (QED) is 0.905. The maximum atomic E-state index is 11.1. The smallest absolute Gasteiger partial charge is 0.354 e. The van der Waals surface area contributed by atoms with Crippen LogP contribution in [0.5, 0.6) is 0 Å². The predicted molar refractivity (Wildman–Crippen MR) is 76.9 cm³/mol. The van der Waals surface area contributed by atoms with Gasteiger partial charge in [-0.25, -0.2) is 14.8 Å². The van der Waals surface area contributed by atoms with Crippen LogP contribution in [0.1, 0.15) is 28.7 Å². The first kappa shape index (κ1) is 14.0. The number of hydrogen-bond donors (Lipinski definition) is 1. The van der Waals surface area contributed by atoms with Crippen LogP contribution in [0.3, 0.4) is 0 Å². The molecule has 1 aromatic carbocycles. The van der Waals surface area contributed by atoms with Crippen LogP contribution in [0.2, 0.25) is 0 Å². The van der Waals surface area contributed by atoms with Crippen LogP contribution in [0, 0.1) is 6.92 Å². The number of benzene rings is 1. The lowest BCUT2D eigenvalue weighted by Crippen LogP contribution is -2.25. The van der Waals surface area contributed by atoms with Gasteiger partial charge in [0.05, 0.1) is 0 Å². The minimum absolute atomic E-state index is 0.0269. The number of aromatic carboxylic acids is 1. The summed E-state index contributed by atoms with van der Waals surface area (Å²) in [7, 11) is 0. The van der Waals surface area contributed by atoms with Crippen molar-refractivity contribution >= 4 is 11.9 Å². The molecular formula is C15H17N3O2. The Labute approximate surface area is 117 Å². The molecule has 0 unspecified atom stereocenters. The summed E-state index contributed by atoms with van der Waals surface area (Å²) in [6.07, 6.45) is 0. The molecule has 5 heteroatoms. The number of rotatable bonds is 5. The second-order valence-electron chi connectivity index (χ2n) is 4.50. The fourth-order valence-electron chi connectivity index (χ4n) is 1.93. The summed E-state index contributed by atoms with van der Waals surface area (Å²) in [6, 6.07) is 11.4. The Morgan fingerprint density at radius 2 is 1.95 bits per heavy atom. The molecule has 0 fully saturated rings. The monoisotopic (exact) mass is 271 g/mol. The summed E-state index contributed by atoms with van der Waals surface area (Å²) in [6.45, 7) is 5.13. The normalized spacial score (nSPS) is 10.3. The zero-order valence-electron chi connectivity index (χ0n) is 11.6. The van der Waals surface area contributed by atoms with Crippen LogP contribution >= 0.6 is 0 Å². The number of anilines is 1. The summed E-state index contributed by atoms with van der Waals surface area (Å²) in [5.41, 5.74) is 1.81. The molecule has 1 N–H and O–H groups in total. The first-order valence-corrected chi connectivity index (χ1v) is 6.48. The maximum Gasteiger partial charge on any atom is 0.354 e. The molecule has 1 aromatic heterocycles. The third-order valence-electron chi connectivity index (χ3n) is 2.94. The van der Waals surface area contributed by atoms with Crippen molar-refractivity contribution < 1.29 is 9.90 Å². The Balaban J connectivity index is 2.29. The lowest BCUT2D eigenvalue weighted by molar-refractivity contribution is 0.0690. The molecule has 104 valence electrons. The summed E-state index contributed by atoms with van der Waals surface area (Å²) in [5.74, 6) is -0.582. The second kappa shape index (κ2) is 6.14. The van der Waals surface area contributed by atoms with Gasteiger partial charge < -0.3 is 10.0 Å². The number of carbonyl (C=O) groups is 1. The van der Waals surface area contributed by atoms with Crippen LogP contribution < -0.4 is 4.90 Å². The Morgan fingerprint density at radius 1 is 1.25 bits per heavy atom. The SMILES string of the molecule is CCN(Cc1ccccc1)c1nc(C)cc(C(=O)O)n1. The lowest BCUT2D eigenvalue weighted by Gasteiger charge is -2.21. The van der Waals surface area contributed by atoms with Crippen LogP contribution in [0.4, 0.5) is 5.95 Å². The predicted octanol–water partition coefficient (Wildman–Crippen LogP) is 2.51. The fraction of sp³-hybridized carbons (Fsp3) is 0.267. The standard InChI is InChI=1S/C15H17N3O2/c1-3-18(10-12-7-5-4-6-8-12)15-16-11(2)9-13(17-15)14(19)20/h4-9H,3,10H2,1-2H3,(H,19,20). The highest BCUT2D eigenvalue weighted by Gasteiger charge is 2.13. The topological polar surface area (TPSA) is 66.3 Å². The molecule has 20 heavy (non-hydrogen) atoms. The molecule has 2 rings (SSSR count). The molecule has 0 saturated carbocycles. The van der Waals surface area contributed by atoms with E-state index >= 15 is 0 Å². The van der Waals surface area contributed by atoms with Gasteiger partial charge in [0.2, 0.25) is 5.95 Å². The lowest BCUT2D eigenvalue weighted by atomic mass is 10.2. The Kier molecular flexibility index (Phi) is 4.30. The average molecular weight is 271 g/mol. The molecule has 0 aliphatic heterocycles. The molecule has 1 heterocycles. The maximum absolute atomic E-state index is 11.1. The molecule has 2 aromatic rings. The largest absolute Gasteiger partial charge is 0.477 e. The van der Waals surface area contributed by atoms with Crippen molar-refractivity contribution in [1.29, 1.82) is 0 Å². The van der Waals surface area contributed by atoms with Crippen molar-refractivity contribution in [2.75, 3.05) is 11.4 Å². The molecule has 0 atom stereocenters. The third kappa shape index (κ3) is 3.32. The highest BCUT2D eigenvalue weighted by Crippen LogP contribution is 2.14. The summed E-state index contributed by atoms with van der Waals surface area (Å²) < 4.78 is 0.